The van der Waals surface area contributed by atoms with E-state index >= 15 is 0 Å². The Balaban J connectivity index is 1.14. The Labute approximate surface area is 194 Å². The molecule has 1 saturated carbocycles. The van der Waals surface area contributed by atoms with Crippen molar-refractivity contribution >= 4 is 10.0 Å². The highest BCUT2D eigenvalue weighted by atomic mass is 32.2. The molecule has 8 heteroatoms. The minimum Gasteiger partial charge on any atom is -0.492 e. The third-order valence-electron chi connectivity index (χ3n) is 7.62. The monoisotopic (exact) mass is 464 g/mol. The minimum absolute atomic E-state index is 0.0181. The predicted molar refractivity (Wildman–Crippen MR) is 125 cm³/mol. The van der Waals surface area contributed by atoms with Gasteiger partial charge in [-0.25, -0.2) is 18.1 Å². The van der Waals surface area contributed by atoms with Gasteiger partial charge >= 0.3 is 0 Å². The molecule has 2 aromatic carbocycles. The molecule has 3 aromatic rings. The molecule has 1 N–H and O–H groups in total. The average Bonchev–Trinajstić information content (AvgIpc) is 3.56. The van der Waals surface area contributed by atoms with Crippen LogP contribution in [0.15, 0.2) is 66.1 Å². The molecule has 0 amide bonds. The van der Waals surface area contributed by atoms with Crippen LogP contribution in [0.1, 0.15) is 22.6 Å². The lowest BCUT2D eigenvalue weighted by molar-refractivity contribution is 0.226. The van der Waals surface area contributed by atoms with Crippen LogP contribution in [0.3, 0.4) is 0 Å². The van der Waals surface area contributed by atoms with E-state index in [0.717, 1.165) is 18.6 Å². The van der Waals surface area contributed by atoms with Crippen molar-refractivity contribution < 1.29 is 13.2 Å². The summed E-state index contributed by atoms with van der Waals surface area (Å²) in [6.07, 6.45) is 5.13. The van der Waals surface area contributed by atoms with E-state index in [9.17, 15) is 8.42 Å². The summed E-state index contributed by atoms with van der Waals surface area (Å²) in [5, 5.41) is 0.0181. The maximum absolute atomic E-state index is 12.3. The SMILES string of the molecule is CN1C2C1C21Cc2ccc(OCCNS(=O)(=O)c3cn(C)cn3)cc2C1Cc1ccccc1. The lowest BCUT2D eigenvalue weighted by Gasteiger charge is -2.29. The molecule has 0 radical (unpaired) electrons. The van der Waals surface area contributed by atoms with E-state index in [1.807, 2.05) is 6.07 Å². The molecule has 33 heavy (non-hydrogen) atoms. The number of fused-ring (bicyclic) bond motifs is 4. The van der Waals surface area contributed by atoms with Crippen LogP contribution in [0.4, 0.5) is 0 Å². The maximum Gasteiger partial charge on any atom is 0.259 e. The zero-order valence-corrected chi connectivity index (χ0v) is 19.6. The first kappa shape index (κ1) is 20.9. The number of aromatic nitrogens is 2. The Morgan fingerprint density at radius 1 is 1.15 bits per heavy atom. The summed E-state index contributed by atoms with van der Waals surface area (Å²) >= 11 is 0. The second kappa shape index (κ2) is 7.41. The van der Waals surface area contributed by atoms with E-state index in [1.165, 1.54) is 29.2 Å². The highest BCUT2D eigenvalue weighted by Crippen LogP contribution is 2.76. The standard InChI is InChI=1S/C25H28N4O3S/c1-28-15-22(26-16-28)33(30,31)27-10-11-32-19-9-8-18-14-25(23-24(25)29(23)2)21(20(18)13-19)12-17-6-4-3-5-7-17/h3-9,13,15-16,21,23-24,27H,10-12,14H2,1-2H3. The number of ether oxygens (including phenoxy) is 1. The zero-order valence-electron chi connectivity index (χ0n) is 18.8. The fourth-order valence-corrected chi connectivity index (χ4v) is 7.03. The molecule has 2 fully saturated rings. The van der Waals surface area contributed by atoms with Crippen LogP contribution < -0.4 is 9.46 Å². The lowest BCUT2D eigenvalue weighted by Crippen LogP contribution is -2.31. The molecule has 6 rings (SSSR count). The van der Waals surface area contributed by atoms with Gasteiger partial charge in [0.2, 0.25) is 0 Å². The van der Waals surface area contributed by atoms with E-state index in [2.05, 4.69) is 64.1 Å². The van der Waals surface area contributed by atoms with E-state index in [1.54, 1.807) is 11.6 Å². The van der Waals surface area contributed by atoms with Gasteiger partial charge < -0.3 is 9.30 Å². The van der Waals surface area contributed by atoms with Crippen molar-refractivity contribution in [1.29, 1.82) is 0 Å². The van der Waals surface area contributed by atoms with Gasteiger partial charge in [0.05, 0.1) is 6.33 Å². The summed E-state index contributed by atoms with van der Waals surface area (Å²) in [4.78, 5) is 6.39. The van der Waals surface area contributed by atoms with E-state index < -0.39 is 10.0 Å². The molecular weight excluding hydrogens is 436 g/mol. The van der Waals surface area contributed by atoms with Gasteiger partial charge in [-0.3, -0.25) is 4.90 Å². The summed E-state index contributed by atoms with van der Waals surface area (Å²) in [6.45, 7) is 0.440. The number of benzene rings is 2. The summed E-state index contributed by atoms with van der Waals surface area (Å²) in [5.41, 5.74) is 4.58. The number of hydrogen-bond acceptors (Lipinski definition) is 5. The highest BCUT2D eigenvalue weighted by molar-refractivity contribution is 7.89. The van der Waals surface area contributed by atoms with Crippen LogP contribution in [0.2, 0.25) is 0 Å². The number of nitrogens with zero attached hydrogens (tertiary/aromatic N) is 3. The first-order chi connectivity index (χ1) is 15.9. The molecule has 3 aliphatic rings. The molecule has 0 bridgehead atoms. The molecule has 1 spiro atoms. The van der Waals surface area contributed by atoms with Gasteiger partial charge in [0, 0.05) is 37.3 Å². The second-order valence-electron chi connectivity index (χ2n) is 9.57. The van der Waals surface area contributed by atoms with Crippen LogP contribution in [-0.2, 0) is 29.9 Å². The van der Waals surface area contributed by atoms with Gasteiger partial charge in [0.1, 0.15) is 12.4 Å². The molecule has 2 aliphatic carbocycles. The molecule has 7 nitrogen and oxygen atoms in total. The largest absolute Gasteiger partial charge is 0.492 e. The van der Waals surface area contributed by atoms with Gasteiger partial charge in [0.15, 0.2) is 5.03 Å². The average molecular weight is 465 g/mol. The van der Waals surface area contributed by atoms with Crippen LogP contribution in [0.25, 0.3) is 0 Å². The summed E-state index contributed by atoms with van der Waals surface area (Å²) in [7, 11) is 0.336. The Morgan fingerprint density at radius 3 is 2.64 bits per heavy atom. The van der Waals surface area contributed by atoms with Crippen molar-refractivity contribution in [3.63, 3.8) is 0 Å². The number of sulfonamides is 1. The molecule has 2 heterocycles. The smallest absolute Gasteiger partial charge is 0.259 e. The lowest BCUT2D eigenvalue weighted by atomic mass is 9.81. The number of aryl methyl sites for hydroxylation is 1. The van der Waals surface area contributed by atoms with E-state index in [0.29, 0.717) is 23.4 Å². The van der Waals surface area contributed by atoms with Crippen molar-refractivity contribution in [1.82, 2.24) is 19.2 Å². The Bertz CT molecular complexity index is 1290. The fraction of sp³-hybridized carbons (Fsp3) is 0.400. The van der Waals surface area contributed by atoms with Gasteiger partial charge in [-0.1, -0.05) is 36.4 Å². The van der Waals surface area contributed by atoms with Crippen LogP contribution in [0.5, 0.6) is 5.75 Å². The molecule has 1 aromatic heterocycles. The number of hydrogen-bond donors (Lipinski definition) is 1. The predicted octanol–water partition coefficient (Wildman–Crippen LogP) is 2.34. The van der Waals surface area contributed by atoms with Crippen LogP contribution in [0, 0.1) is 5.41 Å². The fourth-order valence-electron chi connectivity index (χ4n) is 6.04. The number of nitrogens with one attached hydrogen (secondary N) is 1. The summed E-state index contributed by atoms with van der Waals surface area (Å²) in [6, 6.07) is 18.6. The topological polar surface area (TPSA) is 76.2 Å². The summed E-state index contributed by atoms with van der Waals surface area (Å²) < 4.78 is 34.8. The van der Waals surface area contributed by atoms with Gasteiger partial charge in [-0.15, -0.1) is 0 Å². The van der Waals surface area contributed by atoms with Gasteiger partial charge in [0.25, 0.3) is 10.0 Å². The maximum atomic E-state index is 12.3. The first-order valence-electron chi connectivity index (χ1n) is 11.4. The van der Waals surface area contributed by atoms with Crippen molar-refractivity contribution in [3.05, 3.63) is 77.7 Å². The van der Waals surface area contributed by atoms with Gasteiger partial charge in [-0.05, 0) is 54.6 Å². The third-order valence-corrected chi connectivity index (χ3v) is 8.96. The molecule has 3 atom stereocenters. The molecular formula is C25H28N4O3S. The third kappa shape index (κ3) is 3.39. The van der Waals surface area contributed by atoms with Crippen molar-refractivity contribution in [2.45, 2.75) is 35.9 Å². The van der Waals surface area contributed by atoms with Crippen molar-refractivity contribution in [2.75, 3.05) is 20.2 Å². The first-order valence-corrected chi connectivity index (χ1v) is 12.9. The molecule has 1 saturated heterocycles. The second-order valence-corrected chi connectivity index (χ2v) is 11.3. The Morgan fingerprint density at radius 2 is 1.94 bits per heavy atom. The van der Waals surface area contributed by atoms with Crippen LogP contribution in [-0.4, -0.2) is 55.2 Å². The minimum atomic E-state index is -3.63. The quantitative estimate of drug-likeness (QED) is 0.409. The molecule has 3 unspecified atom stereocenters. The highest BCUT2D eigenvalue weighted by Gasteiger charge is 2.84. The van der Waals surface area contributed by atoms with Gasteiger partial charge in [-0.2, -0.15) is 0 Å². The van der Waals surface area contributed by atoms with Crippen molar-refractivity contribution in [2.24, 2.45) is 12.5 Å². The molecule has 172 valence electrons. The van der Waals surface area contributed by atoms with E-state index in [-0.39, 0.29) is 18.2 Å². The number of imidazole rings is 1. The number of rotatable bonds is 8. The van der Waals surface area contributed by atoms with Crippen molar-refractivity contribution in [3.8, 4) is 5.75 Å². The number of likely N-dealkylation sites (tertiary alicyclic amines) is 1. The van der Waals surface area contributed by atoms with Crippen LogP contribution >= 0.6 is 0 Å². The Kier molecular flexibility index (Phi) is 4.69. The molecule has 1 aliphatic heterocycles. The number of likely N-dealkylation sites (N-methyl/N-ethyl adjacent to an activating group) is 1. The normalized spacial score (nSPS) is 29.0. The summed E-state index contributed by atoms with van der Waals surface area (Å²) in [5.74, 6) is 1.29. The van der Waals surface area contributed by atoms with E-state index in [4.69, 9.17) is 4.74 Å². The zero-order chi connectivity index (χ0) is 22.8. The Hall–Kier alpha value is -2.68.